The van der Waals surface area contributed by atoms with Crippen molar-refractivity contribution in [2.24, 2.45) is 0 Å². The van der Waals surface area contributed by atoms with Crippen LogP contribution in [0.25, 0.3) is 10.2 Å². The number of fused-ring (bicyclic) bond motifs is 1. The number of hydrogen-bond donors (Lipinski definition) is 0. The summed E-state index contributed by atoms with van der Waals surface area (Å²) in [5.74, 6) is 2.10. The SMILES string of the molecule is CCOc1ccc2nc(N(Cc3ccccc3)C(=O)c3ccc(Oc4ccccc4)cc3)sc2c1. The van der Waals surface area contributed by atoms with Gasteiger partial charge in [0.2, 0.25) is 0 Å². The third-order valence-electron chi connectivity index (χ3n) is 5.40. The van der Waals surface area contributed by atoms with Crippen LogP contribution in [0.15, 0.2) is 103 Å². The van der Waals surface area contributed by atoms with Crippen LogP contribution in [-0.4, -0.2) is 17.5 Å². The van der Waals surface area contributed by atoms with E-state index in [2.05, 4.69) is 0 Å². The molecule has 0 atom stereocenters. The van der Waals surface area contributed by atoms with E-state index in [9.17, 15) is 4.79 Å². The molecular weight excluding hydrogens is 456 g/mol. The minimum absolute atomic E-state index is 0.121. The average molecular weight is 481 g/mol. The van der Waals surface area contributed by atoms with E-state index in [-0.39, 0.29) is 5.91 Å². The van der Waals surface area contributed by atoms with E-state index in [0.717, 1.165) is 27.3 Å². The Labute approximate surface area is 208 Å². The molecule has 1 aromatic heterocycles. The molecule has 0 saturated carbocycles. The van der Waals surface area contributed by atoms with Crippen LogP contribution < -0.4 is 14.4 Å². The number of nitrogens with zero attached hydrogens (tertiary/aromatic N) is 2. The Balaban J connectivity index is 1.45. The first-order chi connectivity index (χ1) is 17.2. The molecule has 6 heteroatoms. The van der Waals surface area contributed by atoms with Gasteiger partial charge in [0.1, 0.15) is 17.2 Å². The number of carbonyl (C=O) groups excluding carboxylic acids is 1. The highest BCUT2D eigenvalue weighted by Gasteiger charge is 2.22. The zero-order valence-electron chi connectivity index (χ0n) is 19.3. The lowest BCUT2D eigenvalue weighted by Gasteiger charge is -2.20. The molecule has 0 fully saturated rings. The number of amides is 1. The summed E-state index contributed by atoms with van der Waals surface area (Å²) in [5.41, 5.74) is 2.43. The number of carbonyl (C=O) groups is 1. The molecule has 1 heterocycles. The molecule has 5 rings (SSSR count). The first kappa shape index (κ1) is 22.6. The summed E-state index contributed by atoms with van der Waals surface area (Å²) in [7, 11) is 0. The van der Waals surface area contributed by atoms with E-state index in [4.69, 9.17) is 14.5 Å². The van der Waals surface area contributed by atoms with E-state index in [1.807, 2.05) is 97.9 Å². The Morgan fingerprint density at radius 1 is 0.829 bits per heavy atom. The van der Waals surface area contributed by atoms with Crippen LogP contribution in [0.2, 0.25) is 0 Å². The highest BCUT2D eigenvalue weighted by atomic mass is 32.1. The van der Waals surface area contributed by atoms with Crippen molar-refractivity contribution in [3.05, 3.63) is 114 Å². The third kappa shape index (κ3) is 5.34. The maximum absolute atomic E-state index is 13.7. The number of thiazole rings is 1. The van der Waals surface area contributed by atoms with Gasteiger partial charge in [-0.15, -0.1) is 0 Å². The molecule has 1 amide bonds. The van der Waals surface area contributed by atoms with Gasteiger partial charge >= 0.3 is 0 Å². The molecule has 0 N–H and O–H groups in total. The van der Waals surface area contributed by atoms with E-state index in [1.165, 1.54) is 11.3 Å². The van der Waals surface area contributed by atoms with Gasteiger partial charge in [-0.25, -0.2) is 4.98 Å². The van der Waals surface area contributed by atoms with Crippen molar-refractivity contribution in [1.29, 1.82) is 0 Å². The summed E-state index contributed by atoms with van der Waals surface area (Å²) in [4.78, 5) is 20.2. The number of ether oxygens (including phenoxy) is 2. The zero-order chi connectivity index (χ0) is 24.0. The van der Waals surface area contributed by atoms with Crippen molar-refractivity contribution in [2.75, 3.05) is 11.5 Å². The molecule has 0 spiro atoms. The minimum atomic E-state index is -0.121. The van der Waals surface area contributed by atoms with Crippen molar-refractivity contribution in [1.82, 2.24) is 4.98 Å². The average Bonchev–Trinajstić information content (AvgIpc) is 3.32. The summed E-state index contributed by atoms with van der Waals surface area (Å²) in [6, 6.07) is 32.5. The maximum Gasteiger partial charge on any atom is 0.260 e. The van der Waals surface area contributed by atoms with Crippen LogP contribution in [0.3, 0.4) is 0 Å². The first-order valence-corrected chi connectivity index (χ1v) is 12.2. The lowest BCUT2D eigenvalue weighted by molar-refractivity contribution is 0.0985. The number of hydrogen-bond acceptors (Lipinski definition) is 5. The van der Waals surface area contributed by atoms with Gasteiger partial charge in [0.15, 0.2) is 5.13 Å². The number of rotatable bonds is 8. The second kappa shape index (κ2) is 10.4. The molecule has 4 aromatic carbocycles. The Morgan fingerprint density at radius 2 is 1.49 bits per heavy atom. The second-order valence-corrected chi connectivity index (χ2v) is 8.88. The molecule has 0 unspecified atom stereocenters. The molecule has 5 aromatic rings. The monoisotopic (exact) mass is 480 g/mol. The third-order valence-corrected chi connectivity index (χ3v) is 6.44. The molecule has 174 valence electrons. The Hall–Kier alpha value is -4.16. The topological polar surface area (TPSA) is 51.7 Å². The Kier molecular flexibility index (Phi) is 6.73. The fourth-order valence-electron chi connectivity index (χ4n) is 3.70. The summed E-state index contributed by atoms with van der Waals surface area (Å²) >= 11 is 1.48. The fraction of sp³-hybridized carbons (Fsp3) is 0.103. The van der Waals surface area contributed by atoms with Crippen molar-refractivity contribution in [3.8, 4) is 17.2 Å². The van der Waals surface area contributed by atoms with E-state index in [0.29, 0.717) is 29.6 Å². The van der Waals surface area contributed by atoms with Crippen molar-refractivity contribution in [2.45, 2.75) is 13.5 Å². The number of anilines is 1. The van der Waals surface area contributed by atoms with E-state index >= 15 is 0 Å². The first-order valence-electron chi connectivity index (χ1n) is 11.4. The molecule has 35 heavy (non-hydrogen) atoms. The van der Waals surface area contributed by atoms with E-state index in [1.54, 1.807) is 17.0 Å². The standard InChI is InChI=1S/C29H24N2O3S/c1-2-33-25-17-18-26-27(19-25)35-29(30-26)31(20-21-9-5-3-6-10-21)28(32)22-13-15-24(16-14-22)34-23-11-7-4-8-12-23/h3-19H,2,20H2,1H3. The summed E-state index contributed by atoms with van der Waals surface area (Å²) in [6.07, 6.45) is 0. The Morgan fingerprint density at radius 3 is 2.20 bits per heavy atom. The maximum atomic E-state index is 13.7. The fourth-order valence-corrected chi connectivity index (χ4v) is 4.69. The van der Waals surface area contributed by atoms with Gasteiger partial charge in [-0.3, -0.25) is 9.69 Å². The van der Waals surface area contributed by atoms with Gasteiger partial charge in [-0.2, -0.15) is 0 Å². The van der Waals surface area contributed by atoms with Gasteiger partial charge in [0.05, 0.1) is 23.4 Å². The van der Waals surface area contributed by atoms with Gasteiger partial charge < -0.3 is 9.47 Å². The summed E-state index contributed by atoms with van der Waals surface area (Å²) < 4.78 is 12.5. The summed E-state index contributed by atoms with van der Waals surface area (Å²) in [5, 5.41) is 0.645. The van der Waals surface area contributed by atoms with Crippen LogP contribution in [0.1, 0.15) is 22.8 Å². The molecule has 0 aliphatic carbocycles. The number of para-hydroxylation sites is 1. The van der Waals surface area contributed by atoms with E-state index < -0.39 is 0 Å². The molecular formula is C29H24N2O3S. The van der Waals surface area contributed by atoms with Gasteiger partial charge in [-0.05, 0) is 67.1 Å². The minimum Gasteiger partial charge on any atom is -0.494 e. The van der Waals surface area contributed by atoms with Crippen molar-refractivity contribution in [3.63, 3.8) is 0 Å². The predicted molar refractivity (Wildman–Crippen MR) is 141 cm³/mol. The highest BCUT2D eigenvalue weighted by molar-refractivity contribution is 7.22. The van der Waals surface area contributed by atoms with Crippen LogP contribution in [0.4, 0.5) is 5.13 Å². The van der Waals surface area contributed by atoms with Crippen molar-refractivity contribution < 1.29 is 14.3 Å². The van der Waals surface area contributed by atoms with Crippen LogP contribution in [-0.2, 0) is 6.54 Å². The number of benzene rings is 4. The van der Waals surface area contributed by atoms with Crippen LogP contribution in [0.5, 0.6) is 17.2 Å². The quantitative estimate of drug-likeness (QED) is 0.233. The molecule has 0 radical (unpaired) electrons. The van der Waals surface area contributed by atoms with Gasteiger partial charge in [0.25, 0.3) is 5.91 Å². The lowest BCUT2D eigenvalue weighted by Crippen LogP contribution is -2.30. The molecule has 0 aliphatic heterocycles. The molecule has 0 aliphatic rings. The molecule has 0 saturated heterocycles. The second-order valence-electron chi connectivity index (χ2n) is 7.88. The van der Waals surface area contributed by atoms with Gasteiger partial charge in [0, 0.05) is 5.56 Å². The smallest absolute Gasteiger partial charge is 0.260 e. The highest BCUT2D eigenvalue weighted by Crippen LogP contribution is 2.33. The molecule has 0 bridgehead atoms. The van der Waals surface area contributed by atoms with Crippen LogP contribution >= 0.6 is 11.3 Å². The summed E-state index contributed by atoms with van der Waals surface area (Å²) in [6.45, 7) is 2.97. The zero-order valence-corrected chi connectivity index (χ0v) is 20.1. The Bertz CT molecular complexity index is 1420. The largest absolute Gasteiger partial charge is 0.494 e. The predicted octanol–water partition coefficient (Wildman–Crippen LogP) is 7.33. The normalized spacial score (nSPS) is 10.8. The number of aromatic nitrogens is 1. The van der Waals surface area contributed by atoms with Crippen molar-refractivity contribution >= 4 is 32.6 Å². The lowest BCUT2D eigenvalue weighted by atomic mass is 10.1. The van der Waals surface area contributed by atoms with Crippen LogP contribution in [0, 0.1) is 0 Å². The molecule has 5 nitrogen and oxygen atoms in total. The van der Waals surface area contributed by atoms with Gasteiger partial charge in [-0.1, -0.05) is 59.9 Å².